The number of hydrogen-bond acceptors (Lipinski definition) is 3. The van der Waals surface area contributed by atoms with Crippen molar-refractivity contribution in [2.45, 2.75) is 33.2 Å². The molecule has 2 aromatic rings. The van der Waals surface area contributed by atoms with E-state index in [4.69, 9.17) is 10.5 Å². The van der Waals surface area contributed by atoms with Crippen LogP contribution < -0.4 is 5.73 Å². The van der Waals surface area contributed by atoms with E-state index >= 15 is 0 Å². The molecular formula is C19H23NO2. The average Bonchev–Trinajstić information content (AvgIpc) is 2.47. The van der Waals surface area contributed by atoms with Crippen LogP contribution in [-0.4, -0.2) is 18.6 Å². The standard InChI is InChI=1S/C19H23NO2/c1-4-22-19(21)18(20)12-15-5-7-16(8-6-15)17-10-13(2)9-14(3)11-17/h5-11,18H,4,12,20H2,1-3H3. The Balaban J connectivity index is 2.11. The highest BCUT2D eigenvalue weighted by atomic mass is 16.5. The van der Waals surface area contributed by atoms with Crippen LogP contribution in [0.5, 0.6) is 0 Å². The van der Waals surface area contributed by atoms with Crippen LogP contribution in [0.1, 0.15) is 23.6 Å². The van der Waals surface area contributed by atoms with E-state index in [1.54, 1.807) is 6.92 Å². The summed E-state index contributed by atoms with van der Waals surface area (Å²) in [5.41, 5.74) is 11.8. The van der Waals surface area contributed by atoms with Gasteiger partial charge in [0.2, 0.25) is 0 Å². The Labute approximate surface area is 132 Å². The van der Waals surface area contributed by atoms with E-state index in [0.29, 0.717) is 13.0 Å². The number of carbonyl (C=O) groups is 1. The van der Waals surface area contributed by atoms with Gasteiger partial charge in [-0.2, -0.15) is 0 Å². The van der Waals surface area contributed by atoms with Gasteiger partial charge in [-0.15, -0.1) is 0 Å². The van der Waals surface area contributed by atoms with Crippen LogP contribution in [0, 0.1) is 13.8 Å². The van der Waals surface area contributed by atoms with Crippen molar-refractivity contribution in [2.75, 3.05) is 6.61 Å². The molecule has 116 valence electrons. The monoisotopic (exact) mass is 297 g/mol. The lowest BCUT2D eigenvalue weighted by Gasteiger charge is -2.11. The van der Waals surface area contributed by atoms with Gasteiger partial charge in [-0.1, -0.05) is 53.6 Å². The van der Waals surface area contributed by atoms with Crippen LogP contribution in [0.4, 0.5) is 0 Å². The first-order chi connectivity index (χ1) is 10.5. The van der Waals surface area contributed by atoms with Crippen molar-refractivity contribution < 1.29 is 9.53 Å². The van der Waals surface area contributed by atoms with Crippen molar-refractivity contribution in [3.8, 4) is 11.1 Å². The Morgan fingerprint density at radius 1 is 1.05 bits per heavy atom. The molecule has 0 saturated carbocycles. The van der Waals surface area contributed by atoms with Crippen LogP contribution >= 0.6 is 0 Å². The molecule has 0 heterocycles. The summed E-state index contributed by atoms with van der Waals surface area (Å²) in [6.07, 6.45) is 0.492. The number of ether oxygens (including phenoxy) is 1. The lowest BCUT2D eigenvalue weighted by atomic mass is 9.98. The lowest BCUT2D eigenvalue weighted by molar-refractivity contribution is -0.144. The Morgan fingerprint density at radius 3 is 2.18 bits per heavy atom. The lowest BCUT2D eigenvalue weighted by Crippen LogP contribution is -2.34. The molecule has 0 amide bonds. The van der Waals surface area contributed by atoms with Crippen molar-refractivity contribution in [1.82, 2.24) is 0 Å². The average molecular weight is 297 g/mol. The summed E-state index contributed by atoms with van der Waals surface area (Å²) in [4.78, 5) is 11.6. The van der Waals surface area contributed by atoms with Crippen molar-refractivity contribution in [3.05, 3.63) is 59.2 Å². The molecule has 2 N–H and O–H groups in total. The van der Waals surface area contributed by atoms with Crippen LogP contribution in [0.25, 0.3) is 11.1 Å². The Bertz CT molecular complexity index is 627. The minimum Gasteiger partial charge on any atom is -0.465 e. The van der Waals surface area contributed by atoms with Gasteiger partial charge >= 0.3 is 5.97 Å². The minimum atomic E-state index is -0.605. The van der Waals surface area contributed by atoms with Gasteiger partial charge in [-0.3, -0.25) is 4.79 Å². The van der Waals surface area contributed by atoms with E-state index in [9.17, 15) is 4.79 Å². The maximum atomic E-state index is 11.6. The fourth-order valence-electron chi connectivity index (χ4n) is 2.56. The number of esters is 1. The largest absolute Gasteiger partial charge is 0.465 e. The molecule has 2 aromatic carbocycles. The van der Waals surface area contributed by atoms with Crippen molar-refractivity contribution >= 4 is 5.97 Å². The second kappa shape index (κ2) is 7.23. The number of carbonyl (C=O) groups excluding carboxylic acids is 1. The maximum Gasteiger partial charge on any atom is 0.323 e. The fraction of sp³-hybridized carbons (Fsp3) is 0.316. The van der Waals surface area contributed by atoms with Gasteiger partial charge < -0.3 is 10.5 Å². The van der Waals surface area contributed by atoms with Gasteiger partial charge in [0.15, 0.2) is 0 Å². The molecule has 0 spiro atoms. The molecular weight excluding hydrogens is 274 g/mol. The van der Waals surface area contributed by atoms with E-state index in [2.05, 4.69) is 44.2 Å². The number of nitrogens with two attached hydrogens (primary N) is 1. The SMILES string of the molecule is CCOC(=O)C(N)Cc1ccc(-c2cc(C)cc(C)c2)cc1. The highest BCUT2D eigenvalue weighted by Crippen LogP contribution is 2.23. The summed E-state index contributed by atoms with van der Waals surface area (Å²) in [6, 6.07) is 14.1. The molecule has 1 atom stereocenters. The van der Waals surface area contributed by atoms with Gasteiger partial charge in [0.25, 0.3) is 0 Å². The third-order valence-corrected chi connectivity index (χ3v) is 3.55. The van der Waals surface area contributed by atoms with Crippen molar-refractivity contribution in [2.24, 2.45) is 5.73 Å². The molecule has 1 unspecified atom stereocenters. The second-order valence-electron chi connectivity index (χ2n) is 5.64. The molecule has 3 heteroatoms. The topological polar surface area (TPSA) is 52.3 Å². The first-order valence-corrected chi connectivity index (χ1v) is 7.59. The predicted molar refractivity (Wildman–Crippen MR) is 89.7 cm³/mol. The van der Waals surface area contributed by atoms with E-state index in [1.807, 2.05) is 12.1 Å². The van der Waals surface area contributed by atoms with Crippen LogP contribution in [0.3, 0.4) is 0 Å². The number of aryl methyl sites for hydroxylation is 2. The van der Waals surface area contributed by atoms with Crippen LogP contribution in [0.15, 0.2) is 42.5 Å². The van der Waals surface area contributed by atoms with Gasteiger partial charge in [0.1, 0.15) is 6.04 Å². The zero-order chi connectivity index (χ0) is 16.1. The Morgan fingerprint density at radius 2 is 1.64 bits per heavy atom. The molecule has 0 aliphatic heterocycles. The molecule has 0 bridgehead atoms. The first kappa shape index (κ1) is 16.2. The summed E-state index contributed by atoms with van der Waals surface area (Å²) in [5.74, 6) is -0.346. The van der Waals surface area contributed by atoms with E-state index in [1.165, 1.54) is 22.3 Å². The van der Waals surface area contributed by atoms with Crippen LogP contribution in [0.2, 0.25) is 0 Å². The fourth-order valence-corrected chi connectivity index (χ4v) is 2.56. The summed E-state index contributed by atoms with van der Waals surface area (Å²) < 4.78 is 4.93. The summed E-state index contributed by atoms with van der Waals surface area (Å²) in [6.45, 7) is 6.34. The molecule has 2 rings (SSSR count). The minimum absolute atomic E-state index is 0.346. The van der Waals surface area contributed by atoms with E-state index in [0.717, 1.165) is 5.56 Å². The summed E-state index contributed by atoms with van der Waals surface area (Å²) in [5, 5.41) is 0. The normalized spacial score (nSPS) is 12.0. The molecule has 3 nitrogen and oxygen atoms in total. The zero-order valence-electron chi connectivity index (χ0n) is 13.4. The van der Waals surface area contributed by atoms with E-state index in [-0.39, 0.29) is 5.97 Å². The third kappa shape index (κ3) is 4.18. The van der Waals surface area contributed by atoms with Crippen LogP contribution in [-0.2, 0) is 16.0 Å². The molecule has 0 aliphatic rings. The third-order valence-electron chi connectivity index (χ3n) is 3.55. The molecule has 22 heavy (non-hydrogen) atoms. The van der Waals surface area contributed by atoms with Gasteiger partial charge in [-0.05, 0) is 43.9 Å². The molecule has 0 radical (unpaired) electrons. The van der Waals surface area contributed by atoms with Gasteiger partial charge in [0.05, 0.1) is 6.61 Å². The molecule has 0 aliphatic carbocycles. The second-order valence-corrected chi connectivity index (χ2v) is 5.64. The van der Waals surface area contributed by atoms with Gasteiger partial charge in [-0.25, -0.2) is 0 Å². The first-order valence-electron chi connectivity index (χ1n) is 7.59. The smallest absolute Gasteiger partial charge is 0.323 e. The van der Waals surface area contributed by atoms with Crippen molar-refractivity contribution in [3.63, 3.8) is 0 Å². The molecule has 0 aromatic heterocycles. The zero-order valence-corrected chi connectivity index (χ0v) is 13.4. The summed E-state index contributed by atoms with van der Waals surface area (Å²) in [7, 11) is 0. The Hall–Kier alpha value is -2.13. The van der Waals surface area contributed by atoms with Gasteiger partial charge in [0, 0.05) is 0 Å². The predicted octanol–water partition coefficient (Wildman–Crippen LogP) is 3.40. The number of benzene rings is 2. The van der Waals surface area contributed by atoms with Crippen molar-refractivity contribution in [1.29, 1.82) is 0 Å². The highest BCUT2D eigenvalue weighted by molar-refractivity contribution is 5.76. The number of hydrogen-bond donors (Lipinski definition) is 1. The number of rotatable bonds is 5. The maximum absolute atomic E-state index is 11.6. The highest BCUT2D eigenvalue weighted by Gasteiger charge is 2.14. The molecule has 0 fully saturated rings. The molecule has 0 saturated heterocycles. The summed E-state index contributed by atoms with van der Waals surface area (Å²) >= 11 is 0. The van der Waals surface area contributed by atoms with E-state index < -0.39 is 6.04 Å². The quantitative estimate of drug-likeness (QED) is 0.861. The Kier molecular flexibility index (Phi) is 5.34.